The van der Waals surface area contributed by atoms with Gasteiger partial charge in [0.1, 0.15) is 24.4 Å². The van der Waals surface area contributed by atoms with Crippen molar-refractivity contribution in [3.63, 3.8) is 0 Å². The Morgan fingerprint density at radius 3 is 2.62 bits per heavy atom. The van der Waals surface area contributed by atoms with Crippen LogP contribution in [0, 0.1) is 5.92 Å². The van der Waals surface area contributed by atoms with Crippen LogP contribution in [0.25, 0.3) is 0 Å². The fraction of sp³-hybridized carbons (Fsp3) is 0.708. The van der Waals surface area contributed by atoms with E-state index in [1.54, 1.807) is 6.07 Å². The van der Waals surface area contributed by atoms with E-state index < -0.39 is 37.3 Å². The van der Waals surface area contributed by atoms with Crippen LogP contribution >= 0.6 is 0 Å². The maximum absolute atomic E-state index is 11.8. The Kier molecular flexibility index (Phi) is 7.96. The minimum Gasteiger partial charge on any atom is -0.490 e. The smallest absolute Gasteiger partial charge is 0.229 e. The minimum atomic E-state index is -1.54. The van der Waals surface area contributed by atoms with E-state index in [2.05, 4.69) is 5.32 Å². The van der Waals surface area contributed by atoms with Gasteiger partial charge in [-0.1, -0.05) is 12.5 Å². The summed E-state index contributed by atoms with van der Waals surface area (Å²) in [5.41, 5.74) is 0.880. The van der Waals surface area contributed by atoms with Gasteiger partial charge in [-0.2, -0.15) is 0 Å². The first-order chi connectivity index (χ1) is 16.3. The third-order valence-electron chi connectivity index (χ3n) is 6.95. The molecule has 0 spiro atoms. The largest absolute Gasteiger partial charge is 0.490 e. The lowest BCUT2D eigenvalue weighted by molar-refractivity contribution is -0.277. The first-order valence-corrected chi connectivity index (χ1v) is 12.0. The zero-order valence-corrected chi connectivity index (χ0v) is 19.5. The minimum absolute atomic E-state index is 0.0457. The van der Waals surface area contributed by atoms with Gasteiger partial charge in [0.15, 0.2) is 11.5 Å². The zero-order valence-electron chi connectivity index (χ0n) is 19.5. The predicted octanol–water partition coefficient (Wildman–Crippen LogP) is 0.399. The van der Waals surface area contributed by atoms with Gasteiger partial charge in [-0.25, -0.2) is 0 Å². The molecule has 10 nitrogen and oxygen atoms in total. The lowest BCUT2D eigenvalue weighted by Crippen LogP contribution is -2.60. The average molecular weight is 482 g/mol. The molecule has 1 amide bonds. The van der Waals surface area contributed by atoms with Crippen molar-refractivity contribution in [3.8, 4) is 11.5 Å². The number of ether oxygens (including phenoxy) is 4. The highest BCUT2D eigenvalue weighted by molar-refractivity contribution is 5.73. The average Bonchev–Trinajstić information content (AvgIpc) is 3.29. The molecule has 5 N–H and O–H groups in total. The van der Waals surface area contributed by atoms with E-state index in [0.717, 1.165) is 24.8 Å². The Bertz CT molecular complexity index is 850. The summed E-state index contributed by atoms with van der Waals surface area (Å²) in [6, 6.07) is 5.38. The van der Waals surface area contributed by atoms with E-state index >= 15 is 0 Å². The van der Waals surface area contributed by atoms with Crippen LogP contribution in [-0.4, -0.2) is 82.4 Å². The molecule has 34 heavy (non-hydrogen) atoms. The summed E-state index contributed by atoms with van der Waals surface area (Å²) >= 11 is 0. The van der Waals surface area contributed by atoms with Crippen LogP contribution in [0.15, 0.2) is 18.2 Å². The number of carbonyl (C=O) groups is 1. The topological polar surface area (TPSA) is 147 Å². The first kappa shape index (κ1) is 25.2. The van der Waals surface area contributed by atoms with Gasteiger partial charge in [0.2, 0.25) is 12.2 Å². The van der Waals surface area contributed by atoms with E-state index in [1.807, 2.05) is 19.1 Å². The number of benzene rings is 1. The van der Waals surface area contributed by atoms with Crippen LogP contribution in [0.2, 0.25) is 0 Å². The highest BCUT2D eigenvalue weighted by Gasteiger charge is 2.45. The van der Waals surface area contributed by atoms with Gasteiger partial charge >= 0.3 is 0 Å². The second-order valence-electron chi connectivity index (χ2n) is 9.25. The number of aliphatic hydroxyl groups excluding tert-OH is 4. The Morgan fingerprint density at radius 1 is 1.12 bits per heavy atom. The number of amides is 1. The van der Waals surface area contributed by atoms with Crippen LogP contribution in [0.5, 0.6) is 11.5 Å². The van der Waals surface area contributed by atoms with Gasteiger partial charge in [0, 0.05) is 18.9 Å². The van der Waals surface area contributed by atoms with E-state index in [-0.39, 0.29) is 29.9 Å². The molecule has 1 aromatic carbocycles. The monoisotopic (exact) mass is 481 g/mol. The van der Waals surface area contributed by atoms with Gasteiger partial charge < -0.3 is 44.7 Å². The van der Waals surface area contributed by atoms with Crippen molar-refractivity contribution < 1.29 is 44.2 Å². The standard InChI is InChI=1S/C24H35NO9/c1-3-31-19-9-13(18-10-15(25-12(2)27)14-5-4-6-16(14)32-18)7-8-17(19)33-24-23(30)22(29)21(28)20(11-26)34-24/h7-9,14-16,18,20-24,26,28-30H,3-6,10-11H2,1-2H3,(H,25,27)/t14-,15+,16+,18+,20-,21-,22+,23-,24-/m1/s1. The summed E-state index contributed by atoms with van der Waals surface area (Å²) in [7, 11) is 0. The Morgan fingerprint density at radius 2 is 1.91 bits per heavy atom. The zero-order chi connectivity index (χ0) is 24.4. The number of rotatable bonds is 7. The lowest BCUT2D eigenvalue weighted by Gasteiger charge is -2.40. The molecule has 0 bridgehead atoms. The summed E-state index contributed by atoms with van der Waals surface area (Å²) in [4.78, 5) is 11.8. The van der Waals surface area contributed by atoms with E-state index in [0.29, 0.717) is 24.7 Å². The third-order valence-corrected chi connectivity index (χ3v) is 6.95. The van der Waals surface area contributed by atoms with Crippen LogP contribution in [0.3, 0.4) is 0 Å². The van der Waals surface area contributed by atoms with Crippen molar-refractivity contribution in [1.29, 1.82) is 0 Å². The molecule has 3 aliphatic rings. The Labute approximate surface area is 198 Å². The number of nitrogens with one attached hydrogen (secondary N) is 1. The molecule has 0 radical (unpaired) electrons. The molecule has 0 aromatic heterocycles. The van der Waals surface area contributed by atoms with Crippen LogP contribution in [-0.2, 0) is 14.3 Å². The number of fused-ring (bicyclic) bond motifs is 1. The van der Waals surface area contributed by atoms with Crippen LogP contribution in [0.4, 0.5) is 0 Å². The van der Waals surface area contributed by atoms with Crippen molar-refractivity contribution in [2.45, 2.75) is 88.5 Å². The van der Waals surface area contributed by atoms with Crippen molar-refractivity contribution in [1.82, 2.24) is 5.32 Å². The van der Waals surface area contributed by atoms with Crippen molar-refractivity contribution in [2.24, 2.45) is 5.92 Å². The molecular weight excluding hydrogens is 446 g/mol. The summed E-state index contributed by atoms with van der Waals surface area (Å²) in [6.07, 6.45) is -3.30. The summed E-state index contributed by atoms with van der Waals surface area (Å²) in [5, 5.41) is 42.9. The molecule has 0 unspecified atom stereocenters. The third kappa shape index (κ3) is 5.17. The van der Waals surface area contributed by atoms with Crippen LogP contribution in [0.1, 0.15) is 51.2 Å². The number of hydrogen-bond acceptors (Lipinski definition) is 9. The molecule has 190 valence electrons. The molecule has 3 fully saturated rings. The Hall–Kier alpha value is -1.95. The molecule has 2 saturated heterocycles. The second kappa shape index (κ2) is 10.8. The van der Waals surface area contributed by atoms with Crippen molar-refractivity contribution in [3.05, 3.63) is 23.8 Å². The predicted molar refractivity (Wildman–Crippen MR) is 119 cm³/mol. The van der Waals surface area contributed by atoms with Crippen molar-refractivity contribution in [2.75, 3.05) is 13.2 Å². The number of aliphatic hydroxyl groups is 4. The lowest BCUT2D eigenvalue weighted by atomic mass is 9.86. The molecule has 1 aromatic rings. The second-order valence-corrected chi connectivity index (χ2v) is 9.25. The Balaban J connectivity index is 1.54. The van der Waals surface area contributed by atoms with Gasteiger partial charge in [-0.3, -0.25) is 4.79 Å². The molecule has 1 aliphatic carbocycles. The first-order valence-electron chi connectivity index (χ1n) is 12.0. The van der Waals surface area contributed by atoms with Gasteiger partial charge in [0.25, 0.3) is 0 Å². The van der Waals surface area contributed by atoms with E-state index in [4.69, 9.17) is 18.9 Å². The fourth-order valence-corrected chi connectivity index (χ4v) is 5.28. The molecule has 2 heterocycles. The highest BCUT2D eigenvalue weighted by atomic mass is 16.7. The molecule has 9 atom stereocenters. The SMILES string of the molecule is CCOc1cc([C@@H]2C[C@H](NC(C)=O)[C@H]3CCC[C@@H]3O2)ccc1O[C@@H]1O[C@H](CO)[C@@H](O)[C@H](O)[C@H]1O. The maximum Gasteiger partial charge on any atom is 0.229 e. The molecular formula is C24H35NO9. The number of carbonyl (C=O) groups excluding carboxylic acids is 1. The molecule has 10 heteroatoms. The van der Waals surface area contributed by atoms with E-state index in [9.17, 15) is 25.2 Å². The summed E-state index contributed by atoms with van der Waals surface area (Å²) in [5.74, 6) is 0.961. The molecule has 1 saturated carbocycles. The number of hydrogen-bond donors (Lipinski definition) is 5. The normalized spacial score (nSPS) is 37.6. The highest BCUT2D eigenvalue weighted by Crippen LogP contribution is 2.44. The summed E-state index contributed by atoms with van der Waals surface area (Å²) < 4.78 is 23.4. The fourth-order valence-electron chi connectivity index (χ4n) is 5.28. The molecule has 2 aliphatic heterocycles. The van der Waals surface area contributed by atoms with E-state index in [1.165, 1.54) is 6.92 Å². The maximum atomic E-state index is 11.8. The molecule has 4 rings (SSSR count). The van der Waals surface area contributed by atoms with Gasteiger partial charge in [0.05, 0.1) is 25.4 Å². The summed E-state index contributed by atoms with van der Waals surface area (Å²) in [6.45, 7) is 3.18. The van der Waals surface area contributed by atoms with Gasteiger partial charge in [-0.05, 0) is 43.9 Å². The van der Waals surface area contributed by atoms with Crippen molar-refractivity contribution >= 4 is 5.91 Å². The van der Waals surface area contributed by atoms with Crippen LogP contribution < -0.4 is 14.8 Å². The van der Waals surface area contributed by atoms with Gasteiger partial charge in [-0.15, -0.1) is 0 Å². The quantitative estimate of drug-likeness (QED) is 0.373.